The quantitative estimate of drug-likeness (QED) is 0.158. The Hall–Kier alpha value is -8.20. The van der Waals surface area contributed by atoms with Gasteiger partial charge in [-0.25, -0.2) is 0 Å². The Morgan fingerprint density at radius 1 is 0.273 bits per heavy atom. The molecule has 13 rings (SSSR count). The van der Waals surface area contributed by atoms with E-state index in [1.54, 1.807) is 0 Å². The van der Waals surface area contributed by atoms with Crippen molar-refractivity contribution in [3.63, 3.8) is 0 Å². The van der Waals surface area contributed by atoms with Crippen LogP contribution in [0.3, 0.4) is 0 Å². The molecule has 10 aromatic rings. The molecule has 0 heterocycles. The van der Waals surface area contributed by atoms with E-state index in [1.165, 1.54) is 77.9 Å². The van der Waals surface area contributed by atoms with Crippen LogP contribution in [0.4, 0.5) is 34.1 Å². The van der Waals surface area contributed by atoms with Gasteiger partial charge < -0.3 is 9.80 Å². The lowest BCUT2D eigenvalue weighted by Gasteiger charge is -2.33. The van der Waals surface area contributed by atoms with Gasteiger partial charge in [0, 0.05) is 39.2 Å². The molecule has 0 radical (unpaired) electrons. The molecule has 0 saturated carbocycles. The molecule has 0 bridgehead atoms. The Bertz CT molecular complexity index is 3480. The topological polar surface area (TPSA) is 6.48 Å². The summed E-state index contributed by atoms with van der Waals surface area (Å²) in [4.78, 5) is 4.99. The van der Waals surface area contributed by atoms with Gasteiger partial charge in [0.15, 0.2) is 0 Å². The predicted molar refractivity (Wildman–Crippen MR) is 275 cm³/mol. The molecule has 0 fully saturated rings. The number of benzene rings is 10. The van der Waals surface area contributed by atoms with Crippen molar-refractivity contribution < 1.29 is 0 Å². The van der Waals surface area contributed by atoms with E-state index in [0.717, 1.165) is 34.1 Å². The van der Waals surface area contributed by atoms with Crippen molar-refractivity contribution in [3.05, 3.63) is 276 Å². The fraction of sp³-hybridized carbons (Fsp3) is 0.0625. The van der Waals surface area contributed by atoms with E-state index in [1.807, 2.05) is 0 Å². The van der Waals surface area contributed by atoms with E-state index in [9.17, 15) is 0 Å². The van der Waals surface area contributed by atoms with Crippen molar-refractivity contribution in [2.24, 2.45) is 0 Å². The highest BCUT2D eigenvalue weighted by Gasteiger charge is 2.53. The molecule has 10 aromatic carbocycles. The molecule has 2 heteroatoms. The molecule has 0 saturated heterocycles. The molecule has 312 valence electrons. The minimum atomic E-state index is -0.574. The Kier molecular flexibility index (Phi) is 8.51. The minimum absolute atomic E-state index is 0.162. The summed E-state index contributed by atoms with van der Waals surface area (Å²) in [5, 5.41) is 0. The summed E-state index contributed by atoms with van der Waals surface area (Å²) in [6, 6.07) is 90.0. The van der Waals surface area contributed by atoms with E-state index < -0.39 is 5.41 Å². The van der Waals surface area contributed by atoms with Crippen molar-refractivity contribution in [1.82, 2.24) is 0 Å². The molecular weight excluding hydrogens is 797 g/mol. The largest absolute Gasteiger partial charge is 0.310 e. The lowest BCUT2D eigenvalue weighted by atomic mass is 9.70. The fourth-order valence-electron chi connectivity index (χ4n) is 11.9. The summed E-state index contributed by atoms with van der Waals surface area (Å²) in [6.07, 6.45) is 0. The van der Waals surface area contributed by atoms with E-state index >= 15 is 0 Å². The molecule has 1 spiro atoms. The monoisotopic (exact) mass is 842 g/mol. The van der Waals surface area contributed by atoms with Gasteiger partial charge in [0.2, 0.25) is 0 Å². The predicted octanol–water partition coefficient (Wildman–Crippen LogP) is 16.9. The molecule has 2 nitrogen and oxygen atoms in total. The molecular formula is C64H46N2. The maximum atomic E-state index is 2.56. The number of hydrogen-bond acceptors (Lipinski definition) is 2. The van der Waals surface area contributed by atoms with E-state index in [2.05, 4.69) is 266 Å². The number of hydrogen-bond donors (Lipinski definition) is 0. The van der Waals surface area contributed by atoms with Crippen LogP contribution in [0, 0.1) is 0 Å². The smallest absolute Gasteiger partial charge is 0.0727 e. The molecule has 1 atom stereocenters. The van der Waals surface area contributed by atoms with Gasteiger partial charge in [-0.1, -0.05) is 202 Å². The molecule has 1 unspecified atom stereocenters. The standard InChI is InChI=1S/C64H46N2/c1-63(2)52-32-16-12-29-48(52)49-41-40-46(42-57(49)63)66(58-37-19-15-28-47(58)43-22-6-3-7-23-43)60-39-21-36-56-62(60)51-31-14-18-34-54(51)64(56)53-33-17-13-30-50(53)61-55(64)35-20-38-59(61)65(44-24-8-4-9-25-44)45-26-10-5-11-27-45/h3-42H,1-2H3. The van der Waals surface area contributed by atoms with Gasteiger partial charge in [-0.05, 0) is 116 Å². The first-order chi connectivity index (χ1) is 32.5. The van der Waals surface area contributed by atoms with Gasteiger partial charge in [-0.3, -0.25) is 0 Å². The second-order valence-electron chi connectivity index (χ2n) is 18.4. The van der Waals surface area contributed by atoms with Crippen LogP contribution in [0.5, 0.6) is 0 Å². The van der Waals surface area contributed by atoms with Crippen molar-refractivity contribution in [3.8, 4) is 44.5 Å². The van der Waals surface area contributed by atoms with Crippen LogP contribution < -0.4 is 9.80 Å². The fourth-order valence-corrected chi connectivity index (χ4v) is 11.9. The van der Waals surface area contributed by atoms with E-state index in [0.29, 0.717) is 0 Å². The zero-order chi connectivity index (χ0) is 44.0. The molecule has 66 heavy (non-hydrogen) atoms. The Morgan fingerprint density at radius 2 is 0.697 bits per heavy atom. The zero-order valence-electron chi connectivity index (χ0n) is 37.0. The van der Waals surface area contributed by atoms with Crippen LogP contribution in [0.25, 0.3) is 44.5 Å². The third-order valence-electron chi connectivity index (χ3n) is 14.7. The van der Waals surface area contributed by atoms with Gasteiger partial charge in [-0.2, -0.15) is 0 Å². The third kappa shape index (κ3) is 5.36. The second kappa shape index (κ2) is 14.7. The highest BCUT2D eigenvalue weighted by atomic mass is 15.2. The van der Waals surface area contributed by atoms with Gasteiger partial charge in [0.1, 0.15) is 0 Å². The summed E-state index contributed by atoms with van der Waals surface area (Å²) in [7, 11) is 0. The van der Waals surface area contributed by atoms with Crippen molar-refractivity contribution >= 4 is 34.1 Å². The summed E-state index contributed by atoms with van der Waals surface area (Å²) in [5.41, 5.74) is 24.1. The minimum Gasteiger partial charge on any atom is -0.310 e. The number of para-hydroxylation sites is 3. The first-order valence-electron chi connectivity index (χ1n) is 23.1. The van der Waals surface area contributed by atoms with Crippen LogP contribution in [0.2, 0.25) is 0 Å². The summed E-state index contributed by atoms with van der Waals surface area (Å²) >= 11 is 0. The lowest BCUT2D eigenvalue weighted by Crippen LogP contribution is -2.26. The number of rotatable bonds is 7. The third-order valence-corrected chi connectivity index (χ3v) is 14.7. The summed E-state index contributed by atoms with van der Waals surface area (Å²) in [6.45, 7) is 4.76. The number of nitrogens with zero attached hydrogens (tertiary/aromatic N) is 2. The molecule has 0 amide bonds. The van der Waals surface area contributed by atoms with Crippen molar-refractivity contribution in [2.45, 2.75) is 24.7 Å². The van der Waals surface area contributed by atoms with E-state index in [-0.39, 0.29) is 5.41 Å². The Balaban J connectivity index is 1.10. The SMILES string of the molecule is CC1(C)c2ccccc2-c2ccc(N(c3ccccc3-c3ccccc3)c3cccc4c3-c3ccccc3C43c4ccccc4-c4c(N(c5ccccc5)c5ccccc5)cccc43)cc21. The van der Waals surface area contributed by atoms with Gasteiger partial charge >= 0.3 is 0 Å². The molecule has 0 aliphatic heterocycles. The molecule has 3 aliphatic rings. The number of anilines is 6. The van der Waals surface area contributed by atoms with Crippen LogP contribution >= 0.6 is 0 Å². The average Bonchev–Trinajstić information content (AvgIpc) is 3.94. The van der Waals surface area contributed by atoms with Crippen LogP contribution in [0.1, 0.15) is 47.2 Å². The van der Waals surface area contributed by atoms with Crippen LogP contribution in [-0.2, 0) is 10.8 Å². The van der Waals surface area contributed by atoms with Crippen molar-refractivity contribution in [1.29, 1.82) is 0 Å². The maximum Gasteiger partial charge on any atom is 0.0727 e. The van der Waals surface area contributed by atoms with Crippen molar-refractivity contribution in [2.75, 3.05) is 9.80 Å². The average molecular weight is 843 g/mol. The molecule has 0 N–H and O–H groups in total. The lowest BCUT2D eigenvalue weighted by molar-refractivity contribution is 0.660. The highest BCUT2D eigenvalue weighted by Crippen LogP contribution is 2.66. The van der Waals surface area contributed by atoms with Gasteiger partial charge in [0.25, 0.3) is 0 Å². The molecule has 0 aromatic heterocycles. The normalized spacial score (nSPS) is 15.3. The Morgan fingerprint density at radius 3 is 1.29 bits per heavy atom. The van der Waals surface area contributed by atoms with E-state index in [4.69, 9.17) is 0 Å². The Labute approximate surface area is 387 Å². The molecule has 3 aliphatic carbocycles. The zero-order valence-corrected chi connectivity index (χ0v) is 37.0. The van der Waals surface area contributed by atoms with Gasteiger partial charge in [-0.15, -0.1) is 0 Å². The summed E-state index contributed by atoms with van der Waals surface area (Å²) < 4.78 is 0. The first-order valence-corrected chi connectivity index (χ1v) is 23.1. The first kappa shape index (κ1) is 38.3. The van der Waals surface area contributed by atoms with Crippen LogP contribution in [0.15, 0.2) is 243 Å². The van der Waals surface area contributed by atoms with Gasteiger partial charge in [0.05, 0.1) is 22.5 Å². The second-order valence-corrected chi connectivity index (χ2v) is 18.4. The number of fused-ring (bicyclic) bond motifs is 13. The summed E-state index contributed by atoms with van der Waals surface area (Å²) in [5.74, 6) is 0. The maximum absolute atomic E-state index is 2.56. The highest BCUT2D eigenvalue weighted by molar-refractivity contribution is 6.05. The van der Waals surface area contributed by atoms with Crippen LogP contribution in [-0.4, -0.2) is 0 Å².